The molecular weight excluding hydrogens is 304 g/mol. The Morgan fingerprint density at radius 2 is 2.00 bits per heavy atom. The molecule has 0 amide bonds. The third-order valence-electron chi connectivity index (χ3n) is 3.54. The van der Waals surface area contributed by atoms with Gasteiger partial charge in [0.2, 0.25) is 0 Å². The Balaban J connectivity index is 1.84. The maximum absolute atomic E-state index is 4.36. The van der Waals surface area contributed by atoms with Gasteiger partial charge >= 0.3 is 0 Å². The molecule has 4 nitrogen and oxygen atoms in total. The molecule has 0 bridgehead atoms. The smallest absolute Gasteiger partial charge is 0.193 e. The highest BCUT2D eigenvalue weighted by molar-refractivity contribution is 7.98. The van der Waals surface area contributed by atoms with Gasteiger partial charge in [0, 0.05) is 50.4 Å². The number of thioether (sulfide) groups is 1. The Labute approximate surface area is 143 Å². The maximum atomic E-state index is 4.36. The molecule has 0 saturated carbocycles. The Kier molecular flexibility index (Phi) is 6.94. The number of hydrogen-bond donors (Lipinski definition) is 1. The fraction of sp³-hybridized carbons (Fsp3) is 0.333. The van der Waals surface area contributed by atoms with Crippen LogP contribution in [0.15, 0.2) is 58.5 Å². The van der Waals surface area contributed by atoms with Gasteiger partial charge in [0.15, 0.2) is 5.96 Å². The zero-order valence-corrected chi connectivity index (χ0v) is 14.8. The normalized spacial score (nSPS) is 11.3. The van der Waals surface area contributed by atoms with Crippen LogP contribution in [0.3, 0.4) is 0 Å². The Bertz CT molecular complexity index is 611. The van der Waals surface area contributed by atoms with Crippen molar-refractivity contribution in [1.29, 1.82) is 0 Å². The lowest BCUT2D eigenvalue weighted by Crippen LogP contribution is -2.39. The average Bonchev–Trinajstić information content (AvgIpc) is 2.60. The molecule has 1 heterocycles. The van der Waals surface area contributed by atoms with E-state index in [4.69, 9.17) is 0 Å². The van der Waals surface area contributed by atoms with Crippen molar-refractivity contribution in [3.63, 3.8) is 0 Å². The molecule has 0 atom stereocenters. The van der Waals surface area contributed by atoms with Crippen LogP contribution in [0.25, 0.3) is 0 Å². The quantitative estimate of drug-likeness (QED) is 0.503. The predicted octanol–water partition coefficient (Wildman–Crippen LogP) is 3.05. The summed E-state index contributed by atoms with van der Waals surface area (Å²) in [5.74, 6) is 0.898. The number of hydrogen-bond acceptors (Lipinski definition) is 3. The van der Waals surface area contributed by atoms with Crippen LogP contribution in [0.1, 0.15) is 11.3 Å². The first-order valence-electron chi connectivity index (χ1n) is 7.67. The summed E-state index contributed by atoms with van der Waals surface area (Å²) in [5.41, 5.74) is 2.36. The molecule has 0 aliphatic rings. The molecule has 0 radical (unpaired) electrons. The topological polar surface area (TPSA) is 40.5 Å². The molecule has 5 heteroatoms. The van der Waals surface area contributed by atoms with E-state index in [2.05, 4.69) is 57.8 Å². The zero-order chi connectivity index (χ0) is 16.5. The Hall–Kier alpha value is -2.01. The summed E-state index contributed by atoms with van der Waals surface area (Å²) >= 11 is 1.76. The molecule has 2 aromatic rings. The monoisotopic (exact) mass is 328 g/mol. The van der Waals surface area contributed by atoms with Crippen LogP contribution in [0.4, 0.5) is 0 Å². The van der Waals surface area contributed by atoms with Crippen LogP contribution >= 0.6 is 11.8 Å². The summed E-state index contributed by atoms with van der Waals surface area (Å²) in [6.45, 7) is 1.65. The van der Waals surface area contributed by atoms with Crippen LogP contribution in [0, 0.1) is 0 Å². The summed E-state index contributed by atoms with van der Waals surface area (Å²) < 4.78 is 0. The second kappa shape index (κ2) is 9.20. The van der Waals surface area contributed by atoms with E-state index in [-0.39, 0.29) is 0 Å². The molecule has 1 aromatic carbocycles. The van der Waals surface area contributed by atoms with Gasteiger partial charge in [-0.2, -0.15) is 0 Å². The molecule has 23 heavy (non-hydrogen) atoms. The molecule has 1 aromatic heterocycles. The van der Waals surface area contributed by atoms with Crippen LogP contribution in [-0.2, 0) is 13.0 Å². The number of pyridine rings is 1. The lowest BCUT2D eigenvalue weighted by Gasteiger charge is -2.22. The van der Waals surface area contributed by atoms with E-state index in [0.717, 1.165) is 31.2 Å². The summed E-state index contributed by atoms with van der Waals surface area (Å²) in [6.07, 6.45) is 4.80. The maximum Gasteiger partial charge on any atom is 0.193 e. The van der Waals surface area contributed by atoms with Crippen molar-refractivity contribution in [1.82, 2.24) is 15.2 Å². The SMILES string of the molecule is CN=C(NCCc1ccccn1)N(C)Cc1ccc(SC)cc1. The summed E-state index contributed by atoms with van der Waals surface area (Å²) in [5, 5.41) is 3.39. The lowest BCUT2D eigenvalue weighted by molar-refractivity contribution is 0.477. The number of nitrogens with zero attached hydrogens (tertiary/aromatic N) is 3. The van der Waals surface area contributed by atoms with Crippen LogP contribution in [0.5, 0.6) is 0 Å². The second-order valence-corrected chi connectivity index (χ2v) is 6.13. The number of rotatable bonds is 6. The van der Waals surface area contributed by atoms with Crippen LogP contribution < -0.4 is 5.32 Å². The number of aromatic nitrogens is 1. The summed E-state index contributed by atoms with van der Waals surface area (Å²) in [7, 11) is 3.87. The molecule has 0 aliphatic heterocycles. The van der Waals surface area contributed by atoms with Gasteiger partial charge < -0.3 is 10.2 Å². The molecule has 1 N–H and O–H groups in total. The summed E-state index contributed by atoms with van der Waals surface area (Å²) in [4.78, 5) is 12.1. The van der Waals surface area contributed by atoms with E-state index in [9.17, 15) is 0 Å². The van der Waals surface area contributed by atoms with Gasteiger partial charge in [-0.3, -0.25) is 9.98 Å². The van der Waals surface area contributed by atoms with E-state index >= 15 is 0 Å². The molecule has 0 unspecified atom stereocenters. The zero-order valence-electron chi connectivity index (χ0n) is 14.0. The molecule has 0 saturated heterocycles. The number of guanidine groups is 1. The highest BCUT2D eigenvalue weighted by atomic mass is 32.2. The van der Waals surface area contributed by atoms with Crippen molar-refractivity contribution >= 4 is 17.7 Å². The minimum absolute atomic E-state index is 0.819. The second-order valence-electron chi connectivity index (χ2n) is 5.25. The molecular formula is C18H24N4S. The minimum Gasteiger partial charge on any atom is -0.356 e. The van der Waals surface area contributed by atoms with Gasteiger partial charge in [-0.25, -0.2) is 0 Å². The van der Waals surface area contributed by atoms with Crippen molar-refractivity contribution in [2.45, 2.75) is 17.9 Å². The average molecular weight is 328 g/mol. The van der Waals surface area contributed by atoms with Gasteiger partial charge in [0.25, 0.3) is 0 Å². The van der Waals surface area contributed by atoms with E-state index in [1.54, 1.807) is 11.8 Å². The van der Waals surface area contributed by atoms with Gasteiger partial charge in [-0.15, -0.1) is 11.8 Å². The first kappa shape index (κ1) is 17.3. The largest absolute Gasteiger partial charge is 0.356 e. The van der Waals surface area contributed by atoms with E-state index in [1.165, 1.54) is 10.5 Å². The molecule has 122 valence electrons. The predicted molar refractivity (Wildman–Crippen MR) is 99.0 cm³/mol. The third-order valence-corrected chi connectivity index (χ3v) is 4.29. The standard InChI is InChI=1S/C18H24N4S/c1-19-18(21-13-11-16-6-4-5-12-20-16)22(2)14-15-7-9-17(23-3)10-8-15/h4-10,12H,11,13-14H2,1-3H3,(H,19,21). The van der Waals surface area contributed by atoms with E-state index in [1.807, 2.05) is 31.4 Å². The van der Waals surface area contributed by atoms with Gasteiger partial charge in [-0.1, -0.05) is 18.2 Å². The minimum atomic E-state index is 0.819. The van der Waals surface area contributed by atoms with Gasteiger partial charge in [-0.05, 0) is 36.1 Å². The molecule has 2 rings (SSSR count). The Morgan fingerprint density at radius 1 is 1.22 bits per heavy atom. The first-order valence-corrected chi connectivity index (χ1v) is 8.90. The van der Waals surface area contributed by atoms with Crippen LogP contribution in [0.2, 0.25) is 0 Å². The first-order chi connectivity index (χ1) is 11.2. The Morgan fingerprint density at radius 3 is 2.61 bits per heavy atom. The fourth-order valence-corrected chi connectivity index (χ4v) is 2.72. The summed E-state index contributed by atoms with van der Waals surface area (Å²) in [6, 6.07) is 14.7. The van der Waals surface area contributed by atoms with E-state index in [0.29, 0.717) is 0 Å². The lowest BCUT2D eigenvalue weighted by atomic mass is 10.2. The van der Waals surface area contributed by atoms with Crippen LogP contribution in [-0.4, -0.2) is 42.7 Å². The van der Waals surface area contributed by atoms with Gasteiger partial charge in [0.05, 0.1) is 0 Å². The van der Waals surface area contributed by atoms with E-state index < -0.39 is 0 Å². The molecule has 0 fully saturated rings. The van der Waals surface area contributed by atoms with Crippen molar-refractivity contribution < 1.29 is 0 Å². The molecule has 0 aliphatic carbocycles. The fourth-order valence-electron chi connectivity index (χ4n) is 2.31. The molecule has 0 spiro atoms. The van der Waals surface area contributed by atoms with Crippen molar-refractivity contribution in [3.05, 3.63) is 59.9 Å². The third kappa shape index (κ3) is 5.60. The number of aliphatic imine (C=N–C) groups is 1. The number of nitrogens with one attached hydrogen (secondary N) is 1. The highest BCUT2D eigenvalue weighted by Crippen LogP contribution is 2.15. The highest BCUT2D eigenvalue weighted by Gasteiger charge is 2.06. The van der Waals surface area contributed by atoms with Crippen molar-refractivity contribution in [3.8, 4) is 0 Å². The number of benzene rings is 1. The van der Waals surface area contributed by atoms with Gasteiger partial charge in [0.1, 0.15) is 0 Å². The van der Waals surface area contributed by atoms with Crippen molar-refractivity contribution in [2.24, 2.45) is 4.99 Å². The van der Waals surface area contributed by atoms with Crippen molar-refractivity contribution in [2.75, 3.05) is 26.9 Å².